The molecule has 0 spiro atoms. The van der Waals surface area contributed by atoms with Crippen LogP contribution in [0.4, 0.5) is 0 Å². The van der Waals surface area contributed by atoms with Crippen LogP contribution in [0.25, 0.3) is 0 Å². The van der Waals surface area contributed by atoms with Gasteiger partial charge in [-0.25, -0.2) is 0 Å². The highest BCUT2D eigenvalue weighted by molar-refractivity contribution is 7.16. The smallest absolute Gasteiger partial charge is 0.402 e. The lowest BCUT2D eigenvalue weighted by atomic mass is 10.3. The molecule has 0 heterocycles. The molecule has 0 aliphatic heterocycles. The van der Waals surface area contributed by atoms with E-state index in [2.05, 4.69) is 9.24 Å². The number of hydrogen-bond acceptors (Lipinski definition) is 4. The fourth-order valence-electron chi connectivity index (χ4n) is 0. The Balaban J connectivity index is 0. The van der Waals surface area contributed by atoms with Gasteiger partial charge in [-0.15, -0.1) is 9.24 Å². The Morgan fingerprint density at radius 1 is 1.29 bits per heavy atom. The van der Waals surface area contributed by atoms with Gasteiger partial charge in [0, 0.05) is 0 Å². The standard InChI is InChI=1S/CH5OP.BH3O3/c2-1-3;2-1(3)4/h2H,1,3H2;2-4H. The van der Waals surface area contributed by atoms with Crippen molar-refractivity contribution in [3.63, 3.8) is 0 Å². The number of rotatable bonds is 0. The minimum atomic E-state index is -2.17. The van der Waals surface area contributed by atoms with Crippen molar-refractivity contribution in [3.05, 3.63) is 0 Å². The summed E-state index contributed by atoms with van der Waals surface area (Å²) in [7, 11) is -0.0324. The molecule has 4 N–H and O–H groups in total. The molecule has 1 unspecified atom stereocenters. The van der Waals surface area contributed by atoms with Crippen LogP contribution < -0.4 is 0 Å². The predicted molar refractivity (Wildman–Crippen MR) is 29.2 cm³/mol. The largest absolute Gasteiger partial charge is 0.631 e. The van der Waals surface area contributed by atoms with Crippen LogP contribution in [-0.4, -0.2) is 33.8 Å². The molecule has 7 heavy (non-hydrogen) atoms. The number of aliphatic hydroxyl groups is 1. The van der Waals surface area contributed by atoms with E-state index in [4.69, 9.17) is 20.2 Å². The summed E-state index contributed by atoms with van der Waals surface area (Å²) in [5.74, 6) is 0. The maximum Gasteiger partial charge on any atom is 0.631 e. The molecule has 0 saturated heterocycles. The van der Waals surface area contributed by atoms with Gasteiger partial charge >= 0.3 is 7.32 Å². The van der Waals surface area contributed by atoms with Gasteiger partial charge < -0.3 is 20.2 Å². The summed E-state index contributed by atoms with van der Waals surface area (Å²) in [5, 5.41) is 29.0. The highest BCUT2D eigenvalue weighted by atomic mass is 31.0. The van der Waals surface area contributed by atoms with Gasteiger partial charge in [-0.3, -0.25) is 0 Å². The zero-order valence-corrected chi connectivity index (χ0v) is 4.81. The van der Waals surface area contributed by atoms with Crippen molar-refractivity contribution in [3.8, 4) is 0 Å². The first kappa shape index (κ1) is 10.3. The van der Waals surface area contributed by atoms with Crippen molar-refractivity contribution >= 4 is 16.6 Å². The zero-order valence-electron chi connectivity index (χ0n) is 3.65. The van der Waals surface area contributed by atoms with Crippen LogP contribution in [0.15, 0.2) is 0 Å². The lowest BCUT2D eigenvalue weighted by Crippen LogP contribution is -2.07. The Bertz CT molecular complexity index is 22.9. The molecule has 0 bridgehead atoms. The molecule has 0 aromatic heterocycles. The molecule has 0 amide bonds. The maximum atomic E-state index is 7.53. The van der Waals surface area contributed by atoms with Gasteiger partial charge in [0.1, 0.15) is 0 Å². The molecule has 0 aromatic rings. The fourth-order valence-corrected chi connectivity index (χ4v) is 0. The average Bonchev–Trinajstić information content (AvgIpc) is 1.33. The van der Waals surface area contributed by atoms with Gasteiger partial charge in [0.05, 0.1) is 6.35 Å². The van der Waals surface area contributed by atoms with E-state index in [1.54, 1.807) is 0 Å². The van der Waals surface area contributed by atoms with E-state index < -0.39 is 7.32 Å². The minimum absolute atomic E-state index is 0.167. The molecule has 0 aliphatic carbocycles. The molecule has 0 saturated carbocycles. The van der Waals surface area contributed by atoms with Crippen molar-refractivity contribution in [2.45, 2.75) is 0 Å². The molecule has 0 rings (SSSR count). The molecule has 0 radical (unpaired) electrons. The van der Waals surface area contributed by atoms with E-state index in [1.807, 2.05) is 0 Å². The van der Waals surface area contributed by atoms with Gasteiger partial charge in [-0.1, -0.05) is 0 Å². The molecular weight excluding hydrogens is 118 g/mol. The molecule has 4 nitrogen and oxygen atoms in total. The monoisotopic (exact) mass is 126 g/mol. The Labute approximate surface area is 44.2 Å². The van der Waals surface area contributed by atoms with Crippen LogP contribution in [0.5, 0.6) is 0 Å². The van der Waals surface area contributed by atoms with E-state index in [9.17, 15) is 0 Å². The predicted octanol–water partition coefficient (Wildman–Crippen LogP) is -2.24. The summed E-state index contributed by atoms with van der Waals surface area (Å²) in [4.78, 5) is 0. The van der Waals surface area contributed by atoms with Crippen molar-refractivity contribution < 1.29 is 20.2 Å². The summed E-state index contributed by atoms with van der Waals surface area (Å²) >= 11 is 0. The maximum absolute atomic E-state index is 7.53. The third-order valence-electron chi connectivity index (χ3n) is 0. The second-order valence-corrected chi connectivity index (χ2v) is 0.894. The van der Waals surface area contributed by atoms with Crippen LogP contribution in [-0.2, 0) is 0 Å². The van der Waals surface area contributed by atoms with Gasteiger partial charge in [0.2, 0.25) is 0 Å². The van der Waals surface area contributed by atoms with E-state index in [0.717, 1.165) is 0 Å². The van der Waals surface area contributed by atoms with E-state index in [1.165, 1.54) is 0 Å². The molecule has 0 aromatic carbocycles. The molecule has 0 fully saturated rings. The lowest BCUT2D eigenvalue weighted by molar-refractivity contribution is 0.278. The van der Waals surface area contributed by atoms with Crippen molar-refractivity contribution in [1.29, 1.82) is 0 Å². The van der Waals surface area contributed by atoms with Gasteiger partial charge in [-0.2, -0.15) is 0 Å². The topological polar surface area (TPSA) is 80.9 Å². The van der Waals surface area contributed by atoms with E-state index >= 15 is 0 Å². The lowest BCUT2D eigenvalue weighted by Gasteiger charge is -1.69. The quantitative estimate of drug-likeness (QED) is 0.218. The molecule has 44 valence electrons. The van der Waals surface area contributed by atoms with Crippen molar-refractivity contribution in [1.82, 2.24) is 0 Å². The first-order valence-electron chi connectivity index (χ1n) is 1.50. The Morgan fingerprint density at radius 3 is 1.29 bits per heavy atom. The fraction of sp³-hybridized carbons (Fsp3) is 1.00. The molecule has 6 heteroatoms. The second-order valence-electron chi connectivity index (χ2n) is 0.529. The van der Waals surface area contributed by atoms with Crippen LogP contribution in [0.1, 0.15) is 0 Å². The summed E-state index contributed by atoms with van der Waals surface area (Å²) in [5.41, 5.74) is 0. The number of hydrogen-bond donors (Lipinski definition) is 4. The first-order chi connectivity index (χ1) is 3.15. The average molecular weight is 126 g/mol. The van der Waals surface area contributed by atoms with Gasteiger partial charge in [0.15, 0.2) is 0 Å². The normalized spacial score (nSPS) is 6.43. The van der Waals surface area contributed by atoms with Crippen LogP contribution in [0.2, 0.25) is 0 Å². The third-order valence-corrected chi connectivity index (χ3v) is 0. The molecule has 1 atom stereocenters. The Morgan fingerprint density at radius 2 is 1.29 bits per heavy atom. The Hall–Kier alpha value is 0.335. The minimum Gasteiger partial charge on any atom is -0.402 e. The highest BCUT2D eigenvalue weighted by Crippen LogP contribution is 1.63. The summed E-state index contributed by atoms with van der Waals surface area (Å²) < 4.78 is 0. The van der Waals surface area contributed by atoms with Crippen molar-refractivity contribution in [2.75, 3.05) is 6.35 Å². The molecule has 0 aliphatic rings. The van der Waals surface area contributed by atoms with Gasteiger partial charge in [0.25, 0.3) is 0 Å². The van der Waals surface area contributed by atoms with Crippen LogP contribution in [0.3, 0.4) is 0 Å². The highest BCUT2D eigenvalue weighted by Gasteiger charge is 1.92. The number of aliphatic hydroxyl groups excluding tert-OH is 1. The van der Waals surface area contributed by atoms with E-state index in [-0.39, 0.29) is 6.35 Å². The zero-order chi connectivity index (χ0) is 6.28. The SMILES string of the molecule is OB(O)O.OCP. The van der Waals surface area contributed by atoms with Crippen molar-refractivity contribution in [2.24, 2.45) is 0 Å². The third kappa shape index (κ3) is 1060. The summed E-state index contributed by atoms with van der Waals surface area (Å²) in [6.07, 6.45) is 0.167. The Kier molecular flexibility index (Phi) is 14.2. The van der Waals surface area contributed by atoms with E-state index in [0.29, 0.717) is 0 Å². The molecular formula is CH8BO4P. The first-order valence-corrected chi connectivity index (χ1v) is 2.32. The summed E-state index contributed by atoms with van der Waals surface area (Å²) in [6.45, 7) is 0. The van der Waals surface area contributed by atoms with Crippen LogP contribution in [0, 0.1) is 0 Å². The summed E-state index contributed by atoms with van der Waals surface area (Å²) in [6, 6.07) is 0. The van der Waals surface area contributed by atoms with Crippen LogP contribution >= 0.6 is 9.24 Å². The van der Waals surface area contributed by atoms with Gasteiger partial charge in [-0.05, 0) is 0 Å². The second kappa shape index (κ2) is 9.59.